The van der Waals surface area contributed by atoms with E-state index in [1.165, 1.54) is 6.42 Å². The van der Waals surface area contributed by atoms with E-state index in [0.717, 1.165) is 50.9 Å². The van der Waals surface area contributed by atoms with E-state index >= 15 is 0 Å². The van der Waals surface area contributed by atoms with E-state index in [0.29, 0.717) is 17.7 Å². The SMILES string of the molecule is Cl.NC(=O)c1ccc(NC(=O)C[C@@H]2CCC[C@H]2N)cc1N1CCCCC1. The molecule has 144 valence electrons. The van der Waals surface area contributed by atoms with Gasteiger partial charge in [-0.1, -0.05) is 6.42 Å². The van der Waals surface area contributed by atoms with Gasteiger partial charge in [0.15, 0.2) is 0 Å². The van der Waals surface area contributed by atoms with Crippen LogP contribution < -0.4 is 21.7 Å². The summed E-state index contributed by atoms with van der Waals surface area (Å²) < 4.78 is 0. The maximum Gasteiger partial charge on any atom is 0.250 e. The third kappa shape index (κ3) is 4.89. The second-order valence-electron chi connectivity index (χ2n) is 7.25. The molecule has 2 aliphatic rings. The van der Waals surface area contributed by atoms with E-state index in [2.05, 4.69) is 10.2 Å². The topological polar surface area (TPSA) is 101 Å². The number of nitrogens with one attached hydrogen (secondary N) is 1. The number of benzene rings is 1. The van der Waals surface area contributed by atoms with Crippen molar-refractivity contribution in [2.24, 2.45) is 17.4 Å². The van der Waals surface area contributed by atoms with Gasteiger partial charge in [0.05, 0.1) is 11.3 Å². The van der Waals surface area contributed by atoms with E-state index in [4.69, 9.17) is 11.5 Å². The number of primary amides is 1. The molecule has 0 unspecified atom stereocenters. The van der Waals surface area contributed by atoms with Gasteiger partial charge in [-0.3, -0.25) is 9.59 Å². The zero-order valence-corrected chi connectivity index (χ0v) is 15.9. The van der Waals surface area contributed by atoms with Crippen LogP contribution in [0.3, 0.4) is 0 Å². The number of halogens is 1. The summed E-state index contributed by atoms with van der Waals surface area (Å²) >= 11 is 0. The van der Waals surface area contributed by atoms with Crippen LogP contribution in [0.5, 0.6) is 0 Å². The maximum absolute atomic E-state index is 12.3. The highest BCUT2D eigenvalue weighted by Crippen LogP contribution is 2.29. The van der Waals surface area contributed by atoms with E-state index in [-0.39, 0.29) is 30.3 Å². The van der Waals surface area contributed by atoms with E-state index in [1.54, 1.807) is 12.1 Å². The Morgan fingerprint density at radius 1 is 1.12 bits per heavy atom. The number of amides is 2. The molecule has 0 spiro atoms. The van der Waals surface area contributed by atoms with Crippen molar-refractivity contribution < 1.29 is 9.59 Å². The minimum Gasteiger partial charge on any atom is -0.371 e. The lowest BCUT2D eigenvalue weighted by Crippen LogP contribution is -2.32. The molecule has 1 saturated carbocycles. The number of carbonyl (C=O) groups is 2. The van der Waals surface area contributed by atoms with Crippen LogP contribution in [0.4, 0.5) is 11.4 Å². The average Bonchev–Trinajstić information content (AvgIpc) is 3.00. The van der Waals surface area contributed by atoms with Crippen molar-refractivity contribution >= 4 is 35.6 Å². The standard InChI is InChI=1S/C19H28N4O2.ClH/c20-16-6-4-5-13(16)11-18(24)22-14-7-8-15(19(21)25)17(12-14)23-9-2-1-3-10-23;/h7-8,12-13,16H,1-6,9-11,20H2,(H2,21,25)(H,22,24);1H/t13-,16+;/m0./s1. The molecule has 0 aromatic heterocycles. The molecule has 7 heteroatoms. The largest absolute Gasteiger partial charge is 0.371 e. The summed E-state index contributed by atoms with van der Waals surface area (Å²) in [7, 11) is 0. The fraction of sp³-hybridized carbons (Fsp3) is 0.579. The summed E-state index contributed by atoms with van der Waals surface area (Å²) in [6.45, 7) is 1.82. The molecule has 1 aromatic rings. The first-order valence-electron chi connectivity index (χ1n) is 9.29. The Hall–Kier alpha value is -1.79. The predicted octanol–water partition coefficient (Wildman–Crippen LogP) is 2.65. The number of hydrogen-bond acceptors (Lipinski definition) is 4. The smallest absolute Gasteiger partial charge is 0.250 e. The number of nitrogens with zero attached hydrogens (tertiary/aromatic N) is 1. The van der Waals surface area contributed by atoms with Crippen molar-refractivity contribution in [3.8, 4) is 0 Å². The van der Waals surface area contributed by atoms with Crippen molar-refractivity contribution in [1.82, 2.24) is 0 Å². The summed E-state index contributed by atoms with van der Waals surface area (Å²) in [5.74, 6) is -0.180. The normalized spacial score (nSPS) is 22.6. The zero-order valence-electron chi connectivity index (χ0n) is 15.1. The van der Waals surface area contributed by atoms with E-state index in [1.807, 2.05) is 6.07 Å². The lowest BCUT2D eigenvalue weighted by Gasteiger charge is -2.30. The monoisotopic (exact) mass is 380 g/mol. The third-order valence-corrected chi connectivity index (χ3v) is 5.41. The van der Waals surface area contributed by atoms with Gasteiger partial charge >= 0.3 is 0 Å². The van der Waals surface area contributed by atoms with Gasteiger partial charge in [0.1, 0.15) is 0 Å². The minimum absolute atomic E-state index is 0. The number of anilines is 2. The van der Waals surface area contributed by atoms with Gasteiger partial charge in [0, 0.05) is 31.2 Å². The lowest BCUT2D eigenvalue weighted by molar-refractivity contribution is -0.117. The zero-order chi connectivity index (χ0) is 17.8. The van der Waals surface area contributed by atoms with Gasteiger partial charge in [-0.15, -0.1) is 12.4 Å². The Morgan fingerprint density at radius 3 is 2.46 bits per heavy atom. The summed E-state index contributed by atoms with van der Waals surface area (Å²) in [6, 6.07) is 5.47. The van der Waals surface area contributed by atoms with Gasteiger partial charge in [0.2, 0.25) is 5.91 Å². The number of rotatable bonds is 5. The summed E-state index contributed by atoms with van der Waals surface area (Å²) in [5, 5.41) is 2.96. The highest BCUT2D eigenvalue weighted by Gasteiger charge is 2.26. The lowest BCUT2D eigenvalue weighted by atomic mass is 10.00. The molecule has 1 saturated heterocycles. The Labute approximate surface area is 161 Å². The second kappa shape index (κ2) is 9.24. The van der Waals surface area contributed by atoms with Crippen LogP contribution in [0.2, 0.25) is 0 Å². The van der Waals surface area contributed by atoms with E-state index in [9.17, 15) is 9.59 Å². The van der Waals surface area contributed by atoms with Gasteiger partial charge in [-0.2, -0.15) is 0 Å². The molecule has 1 aromatic carbocycles. The van der Waals surface area contributed by atoms with Crippen LogP contribution in [-0.4, -0.2) is 30.9 Å². The second-order valence-corrected chi connectivity index (χ2v) is 7.25. The molecule has 3 rings (SSSR count). The number of nitrogens with two attached hydrogens (primary N) is 2. The van der Waals surface area contributed by atoms with Gasteiger partial charge < -0.3 is 21.7 Å². The van der Waals surface area contributed by atoms with Gasteiger partial charge in [-0.05, 0) is 56.2 Å². The van der Waals surface area contributed by atoms with Gasteiger partial charge in [-0.25, -0.2) is 0 Å². The Kier molecular flexibility index (Phi) is 7.29. The molecule has 0 bridgehead atoms. The highest BCUT2D eigenvalue weighted by atomic mass is 35.5. The maximum atomic E-state index is 12.3. The summed E-state index contributed by atoms with van der Waals surface area (Å²) in [4.78, 5) is 26.3. The molecule has 0 radical (unpaired) electrons. The summed E-state index contributed by atoms with van der Waals surface area (Å²) in [6.07, 6.45) is 7.01. The molecule has 1 heterocycles. The minimum atomic E-state index is -0.435. The van der Waals surface area contributed by atoms with Crippen LogP contribution in [0.15, 0.2) is 18.2 Å². The molecule has 2 amide bonds. The Balaban J connectivity index is 0.00000243. The van der Waals surface area contributed by atoms with Crippen molar-refractivity contribution in [2.75, 3.05) is 23.3 Å². The number of carbonyl (C=O) groups excluding carboxylic acids is 2. The first kappa shape index (κ1) is 20.5. The van der Waals surface area contributed by atoms with Crippen LogP contribution >= 0.6 is 12.4 Å². The first-order chi connectivity index (χ1) is 12.0. The molecule has 5 N–H and O–H groups in total. The van der Waals surface area contributed by atoms with Gasteiger partial charge in [0.25, 0.3) is 5.91 Å². The molecular weight excluding hydrogens is 352 g/mol. The number of hydrogen-bond donors (Lipinski definition) is 3. The predicted molar refractivity (Wildman–Crippen MR) is 107 cm³/mol. The average molecular weight is 381 g/mol. The fourth-order valence-corrected chi connectivity index (χ4v) is 3.98. The van der Waals surface area contributed by atoms with Crippen LogP contribution in [-0.2, 0) is 4.79 Å². The fourth-order valence-electron chi connectivity index (χ4n) is 3.98. The third-order valence-electron chi connectivity index (χ3n) is 5.41. The number of piperidine rings is 1. The summed E-state index contributed by atoms with van der Waals surface area (Å²) in [5.41, 5.74) is 13.6. The van der Waals surface area contributed by atoms with Crippen LogP contribution in [0.25, 0.3) is 0 Å². The molecule has 2 fully saturated rings. The van der Waals surface area contributed by atoms with Crippen LogP contribution in [0, 0.1) is 5.92 Å². The molecule has 26 heavy (non-hydrogen) atoms. The van der Waals surface area contributed by atoms with Crippen molar-refractivity contribution in [1.29, 1.82) is 0 Å². The molecular formula is C19H29ClN4O2. The van der Waals surface area contributed by atoms with Crippen molar-refractivity contribution in [3.63, 3.8) is 0 Å². The molecule has 1 aliphatic carbocycles. The molecule has 1 aliphatic heterocycles. The van der Waals surface area contributed by atoms with Crippen molar-refractivity contribution in [2.45, 2.75) is 51.0 Å². The first-order valence-corrected chi connectivity index (χ1v) is 9.29. The van der Waals surface area contributed by atoms with Crippen LogP contribution in [0.1, 0.15) is 55.3 Å². The van der Waals surface area contributed by atoms with Crippen molar-refractivity contribution in [3.05, 3.63) is 23.8 Å². The Morgan fingerprint density at radius 2 is 1.85 bits per heavy atom. The molecule has 2 atom stereocenters. The molecule has 6 nitrogen and oxygen atoms in total. The quantitative estimate of drug-likeness (QED) is 0.730. The Bertz CT molecular complexity index is 646. The van der Waals surface area contributed by atoms with E-state index < -0.39 is 5.91 Å². The highest BCUT2D eigenvalue weighted by molar-refractivity contribution is 6.00.